The fraction of sp³-hybridized carbons (Fsp3) is 0.857. The Bertz CT molecular complexity index is 147. The molecule has 0 aromatic carbocycles. The number of aliphatic hydroxyl groups excluding tert-OH is 1. The quantitative estimate of drug-likeness (QED) is 0.488. The summed E-state index contributed by atoms with van der Waals surface area (Å²) < 4.78 is 0. The third-order valence-corrected chi connectivity index (χ3v) is 1.53. The first-order valence-electron chi connectivity index (χ1n) is 3.60. The minimum absolute atomic E-state index is 0.192. The van der Waals surface area contributed by atoms with Crippen molar-refractivity contribution in [1.29, 1.82) is 0 Å². The number of aliphatic carboxylic acids is 1. The lowest BCUT2D eigenvalue weighted by Crippen LogP contribution is -2.81. The molecule has 0 radical (unpaired) electrons. The largest absolute Gasteiger partial charge is 0.544 e. The van der Waals surface area contributed by atoms with Gasteiger partial charge in [0, 0.05) is 6.42 Å². The number of carbonyl (C=O) groups excluding carboxylic acids is 1. The Balaban J connectivity index is 4.22. The fourth-order valence-corrected chi connectivity index (χ4v) is 0.994. The van der Waals surface area contributed by atoms with Crippen LogP contribution in [0.25, 0.3) is 0 Å². The second-order valence-corrected chi connectivity index (χ2v) is 3.32. The number of quaternary nitrogens is 1. The van der Waals surface area contributed by atoms with Gasteiger partial charge in [-0.2, -0.15) is 0 Å². The molecule has 0 saturated heterocycles. The normalized spacial score (nSPS) is 16.5. The first-order chi connectivity index (χ1) is 4.92. The van der Waals surface area contributed by atoms with Crippen LogP contribution in [-0.4, -0.2) is 23.2 Å². The van der Waals surface area contributed by atoms with E-state index in [9.17, 15) is 9.90 Å². The highest BCUT2D eigenvalue weighted by molar-refractivity contribution is 5.74. The van der Waals surface area contributed by atoms with Gasteiger partial charge in [-0.1, -0.05) is 13.8 Å². The van der Waals surface area contributed by atoms with Crippen LogP contribution in [0.5, 0.6) is 0 Å². The Labute approximate surface area is 66.0 Å². The molecule has 4 heteroatoms. The monoisotopic (exact) mass is 161 g/mol. The van der Waals surface area contributed by atoms with Crippen LogP contribution in [-0.2, 0) is 4.79 Å². The summed E-state index contributed by atoms with van der Waals surface area (Å²) in [5, 5.41) is 19.2. The Morgan fingerprint density at radius 2 is 2.18 bits per heavy atom. The molecule has 0 unspecified atom stereocenters. The van der Waals surface area contributed by atoms with Crippen molar-refractivity contribution in [3.8, 4) is 0 Å². The van der Waals surface area contributed by atoms with Gasteiger partial charge in [0.1, 0.15) is 12.6 Å². The standard InChI is InChI=1S/C7H15NO3/c1-5(2)3-7(8,4-9)6(10)11/h5,9H,3-4,8H2,1-2H3,(H,10,11)/t7-/m1/s1. The van der Waals surface area contributed by atoms with Crippen molar-refractivity contribution in [2.24, 2.45) is 5.92 Å². The van der Waals surface area contributed by atoms with E-state index in [2.05, 4.69) is 5.73 Å². The molecule has 0 heterocycles. The molecular formula is C7H15NO3. The molecule has 0 aromatic heterocycles. The van der Waals surface area contributed by atoms with Crippen LogP contribution in [0.2, 0.25) is 0 Å². The van der Waals surface area contributed by atoms with Crippen molar-refractivity contribution < 1.29 is 20.7 Å². The number of hydrogen-bond donors (Lipinski definition) is 2. The van der Waals surface area contributed by atoms with Crippen molar-refractivity contribution >= 4 is 5.97 Å². The third-order valence-electron chi connectivity index (χ3n) is 1.53. The summed E-state index contributed by atoms with van der Waals surface area (Å²) in [7, 11) is 0. The van der Waals surface area contributed by atoms with Crippen LogP contribution in [0.4, 0.5) is 0 Å². The van der Waals surface area contributed by atoms with Gasteiger partial charge in [0.05, 0.1) is 0 Å². The number of aliphatic hydroxyl groups is 1. The minimum Gasteiger partial charge on any atom is -0.544 e. The average molecular weight is 161 g/mol. The number of carboxylic acid groups (broad SMARTS) is 1. The zero-order valence-electron chi connectivity index (χ0n) is 6.96. The van der Waals surface area contributed by atoms with Gasteiger partial charge in [0.15, 0.2) is 5.54 Å². The molecule has 0 bridgehead atoms. The summed E-state index contributed by atoms with van der Waals surface area (Å²) in [6.45, 7) is 3.28. The van der Waals surface area contributed by atoms with Crippen molar-refractivity contribution in [1.82, 2.24) is 0 Å². The maximum atomic E-state index is 10.5. The average Bonchev–Trinajstić information content (AvgIpc) is 1.86. The fourth-order valence-electron chi connectivity index (χ4n) is 0.994. The smallest absolute Gasteiger partial charge is 0.158 e. The molecule has 0 aliphatic rings. The van der Waals surface area contributed by atoms with Crippen LogP contribution in [0.15, 0.2) is 0 Å². The summed E-state index contributed by atoms with van der Waals surface area (Å²) >= 11 is 0. The van der Waals surface area contributed by atoms with E-state index in [4.69, 9.17) is 5.11 Å². The Kier molecular flexibility index (Phi) is 3.48. The molecule has 1 atom stereocenters. The van der Waals surface area contributed by atoms with Gasteiger partial charge in [-0.25, -0.2) is 0 Å². The molecule has 0 fully saturated rings. The molecule has 0 aliphatic heterocycles. The van der Waals surface area contributed by atoms with Crippen LogP contribution in [0, 0.1) is 5.92 Å². The predicted molar refractivity (Wildman–Crippen MR) is 37.2 cm³/mol. The first-order valence-corrected chi connectivity index (χ1v) is 3.60. The lowest BCUT2D eigenvalue weighted by molar-refractivity contribution is -0.494. The van der Waals surface area contributed by atoms with Gasteiger partial charge in [-0.05, 0) is 5.92 Å². The Morgan fingerprint density at radius 3 is 2.27 bits per heavy atom. The molecule has 4 nitrogen and oxygen atoms in total. The summed E-state index contributed by atoms with van der Waals surface area (Å²) in [6, 6.07) is 0. The van der Waals surface area contributed by atoms with Crippen molar-refractivity contribution in [2.45, 2.75) is 25.8 Å². The summed E-state index contributed by atoms with van der Waals surface area (Å²) in [5.41, 5.74) is 2.09. The van der Waals surface area contributed by atoms with E-state index in [1.807, 2.05) is 13.8 Å². The molecule has 0 amide bonds. The lowest BCUT2D eigenvalue weighted by atomic mass is 9.91. The molecule has 66 valence electrons. The maximum Gasteiger partial charge on any atom is 0.158 e. The highest BCUT2D eigenvalue weighted by Gasteiger charge is 2.31. The molecule has 0 aliphatic carbocycles. The van der Waals surface area contributed by atoms with E-state index >= 15 is 0 Å². The summed E-state index contributed by atoms with van der Waals surface area (Å²) in [6.07, 6.45) is 0.339. The highest BCUT2D eigenvalue weighted by Crippen LogP contribution is 2.10. The molecule has 0 saturated carbocycles. The second-order valence-electron chi connectivity index (χ2n) is 3.32. The zero-order chi connectivity index (χ0) is 9.07. The van der Waals surface area contributed by atoms with Gasteiger partial charge < -0.3 is 20.7 Å². The van der Waals surface area contributed by atoms with Gasteiger partial charge in [0.2, 0.25) is 0 Å². The molecule has 0 rings (SSSR count). The Hall–Kier alpha value is -0.610. The van der Waals surface area contributed by atoms with Crippen molar-refractivity contribution in [3.05, 3.63) is 0 Å². The number of rotatable bonds is 4. The Morgan fingerprint density at radius 1 is 1.73 bits per heavy atom. The summed E-state index contributed by atoms with van der Waals surface area (Å²) in [5.74, 6) is -1.09. The summed E-state index contributed by atoms with van der Waals surface area (Å²) in [4.78, 5) is 10.5. The maximum absolute atomic E-state index is 10.5. The van der Waals surface area contributed by atoms with Gasteiger partial charge >= 0.3 is 0 Å². The first kappa shape index (κ1) is 10.4. The second kappa shape index (κ2) is 3.69. The van der Waals surface area contributed by atoms with E-state index < -0.39 is 18.1 Å². The van der Waals surface area contributed by atoms with E-state index in [1.54, 1.807) is 0 Å². The van der Waals surface area contributed by atoms with E-state index in [0.717, 1.165) is 0 Å². The minimum atomic E-state index is -1.33. The van der Waals surface area contributed by atoms with Crippen LogP contribution < -0.4 is 10.8 Å². The third kappa shape index (κ3) is 2.86. The number of hydrogen-bond acceptors (Lipinski definition) is 3. The van der Waals surface area contributed by atoms with Crippen LogP contribution in [0.3, 0.4) is 0 Å². The number of carbonyl (C=O) groups is 1. The molecule has 0 aromatic rings. The molecule has 4 N–H and O–H groups in total. The van der Waals surface area contributed by atoms with E-state index in [0.29, 0.717) is 6.42 Å². The van der Waals surface area contributed by atoms with Gasteiger partial charge in [-0.15, -0.1) is 0 Å². The van der Waals surface area contributed by atoms with Gasteiger partial charge in [-0.3, -0.25) is 0 Å². The molecule has 0 spiro atoms. The van der Waals surface area contributed by atoms with Crippen molar-refractivity contribution in [3.63, 3.8) is 0 Å². The zero-order valence-corrected chi connectivity index (χ0v) is 6.96. The van der Waals surface area contributed by atoms with E-state index in [1.165, 1.54) is 0 Å². The highest BCUT2D eigenvalue weighted by atomic mass is 16.4. The molecular weight excluding hydrogens is 146 g/mol. The molecule has 11 heavy (non-hydrogen) atoms. The van der Waals surface area contributed by atoms with E-state index in [-0.39, 0.29) is 5.92 Å². The number of carboxylic acids is 1. The van der Waals surface area contributed by atoms with Crippen LogP contribution in [0.1, 0.15) is 20.3 Å². The van der Waals surface area contributed by atoms with Gasteiger partial charge in [0.25, 0.3) is 0 Å². The lowest BCUT2D eigenvalue weighted by Gasteiger charge is -2.25. The topological polar surface area (TPSA) is 88.0 Å². The van der Waals surface area contributed by atoms with Crippen molar-refractivity contribution in [2.75, 3.05) is 6.61 Å². The SMILES string of the molecule is CC(C)C[C@@]([NH3+])(CO)C(=O)[O-]. The predicted octanol–water partition coefficient (Wildman–Crippen LogP) is -2.24. The van der Waals surface area contributed by atoms with Crippen LogP contribution >= 0.6 is 0 Å².